The molecule has 0 spiro atoms. The minimum atomic E-state index is -0.155. The number of halogens is 3. The Morgan fingerprint density at radius 2 is 2.05 bits per heavy atom. The van der Waals surface area contributed by atoms with Gasteiger partial charge in [0.15, 0.2) is 0 Å². The molecule has 104 valence electrons. The first-order valence-electron chi connectivity index (χ1n) is 5.81. The fourth-order valence-corrected chi connectivity index (χ4v) is 2.17. The highest BCUT2D eigenvalue weighted by molar-refractivity contribution is 9.10. The molecule has 0 radical (unpaired) electrons. The van der Waals surface area contributed by atoms with Crippen LogP contribution in [-0.2, 0) is 11.2 Å². The largest absolute Gasteiger partial charge is 0.310 e. The summed E-state index contributed by atoms with van der Waals surface area (Å²) in [6.45, 7) is 1.93. The van der Waals surface area contributed by atoms with E-state index in [-0.39, 0.29) is 12.3 Å². The molecule has 1 N–H and O–H groups in total. The van der Waals surface area contributed by atoms with Gasteiger partial charge in [-0.1, -0.05) is 29.3 Å². The fourth-order valence-electron chi connectivity index (χ4n) is 1.63. The van der Waals surface area contributed by atoms with E-state index in [2.05, 4.69) is 26.2 Å². The first-order chi connectivity index (χ1) is 9.45. The van der Waals surface area contributed by atoms with Crippen molar-refractivity contribution in [2.24, 2.45) is 0 Å². The second-order valence-corrected chi connectivity index (χ2v) is 5.96. The number of pyridine rings is 1. The van der Waals surface area contributed by atoms with E-state index in [9.17, 15) is 4.79 Å². The molecule has 3 nitrogen and oxygen atoms in total. The van der Waals surface area contributed by atoms with Crippen molar-refractivity contribution in [1.82, 2.24) is 4.98 Å². The van der Waals surface area contributed by atoms with Gasteiger partial charge in [-0.15, -0.1) is 0 Å². The van der Waals surface area contributed by atoms with E-state index in [0.29, 0.717) is 15.9 Å². The number of aromatic nitrogens is 1. The van der Waals surface area contributed by atoms with Gasteiger partial charge in [0.05, 0.1) is 16.5 Å². The maximum atomic E-state index is 11.9. The summed E-state index contributed by atoms with van der Waals surface area (Å²) in [6, 6.07) is 6.93. The number of nitrogens with zero attached hydrogens (tertiary/aromatic N) is 1. The zero-order valence-corrected chi connectivity index (χ0v) is 13.7. The summed E-state index contributed by atoms with van der Waals surface area (Å²) in [7, 11) is 0. The molecule has 1 aromatic heterocycles. The third kappa shape index (κ3) is 3.95. The molecule has 1 amide bonds. The molecule has 6 heteroatoms. The monoisotopic (exact) mass is 372 g/mol. The lowest BCUT2D eigenvalue weighted by molar-refractivity contribution is -0.115. The highest BCUT2D eigenvalue weighted by Crippen LogP contribution is 2.23. The summed E-state index contributed by atoms with van der Waals surface area (Å²) in [5.74, 6) is 0.369. The van der Waals surface area contributed by atoms with Crippen molar-refractivity contribution in [3.8, 4) is 0 Å². The van der Waals surface area contributed by atoms with Crippen molar-refractivity contribution in [3.63, 3.8) is 0 Å². The van der Waals surface area contributed by atoms with Crippen LogP contribution in [-0.4, -0.2) is 10.9 Å². The third-order valence-corrected chi connectivity index (χ3v) is 4.23. The molecule has 0 aliphatic carbocycles. The van der Waals surface area contributed by atoms with Crippen LogP contribution >= 0.6 is 39.1 Å². The predicted molar refractivity (Wildman–Crippen MR) is 85.5 cm³/mol. The second kappa shape index (κ2) is 6.57. The summed E-state index contributed by atoms with van der Waals surface area (Å²) in [6.07, 6.45) is 1.87. The van der Waals surface area contributed by atoms with E-state index in [1.807, 2.05) is 6.92 Å². The normalized spacial score (nSPS) is 10.4. The van der Waals surface area contributed by atoms with E-state index < -0.39 is 0 Å². The van der Waals surface area contributed by atoms with E-state index >= 15 is 0 Å². The predicted octanol–water partition coefficient (Wildman–Crippen LogP) is 4.64. The van der Waals surface area contributed by atoms with E-state index in [1.54, 1.807) is 30.5 Å². The lowest BCUT2D eigenvalue weighted by Crippen LogP contribution is -2.15. The number of nitrogens with one attached hydrogen (secondary N) is 1. The molecule has 0 aliphatic heterocycles. The van der Waals surface area contributed by atoms with E-state index in [0.717, 1.165) is 15.6 Å². The van der Waals surface area contributed by atoms with Gasteiger partial charge >= 0.3 is 0 Å². The first-order valence-corrected chi connectivity index (χ1v) is 7.36. The lowest BCUT2D eigenvalue weighted by Gasteiger charge is -2.07. The Bertz CT molecular complexity index is 606. The van der Waals surface area contributed by atoms with Gasteiger partial charge in [0.2, 0.25) is 5.91 Å². The van der Waals surface area contributed by atoms with Crippen LogP contribution in [0.25, 0.3) is 0 Å². The number of anilines is 1. The Labute approximate surface area is 135 Å². The molecular formula is C14H11BrCl2N2O. The maximum absolute atomic E-state index is 11.9. The van der Waals surface area contributed by atoms with E-state index in [4.69, 9.17) is 23.2 Å². The highest BCUT2D eigenvalue weighted by Gasteiger charge is 2.07. The number of carbonyl (C=O) groups is 1. The molecule has 0 fully saturated rings. The average Bonchev–Trinajstić information content (AvgIpc) is 2.38. The molecule has 0 atom stereocenters. The molecular weight excluding hydrogens is 363 g/mol. The molecule has 0 unspecified atom stereocenters. The minimum absolute atomic E-state index is 0.155. The third-order valence-electron chi connectivity index (χ3n) is 2.66. The van der Waals surface area contributed by atoms with E-state index in [1.165, 1.54) is 0 Å². The number of rotatable bonds is 3. The van der Waals surface area contributed by atoms with Crippen LogP contribution in [0.2, 0.25) is 10.0 Å². The summed E-state index contributed by atoms with van der Waals surface area (Å²) in [5.41, 5.74) is 1.80. The highest BCUT2D eigenvalue weighted by atomic mass is 79.9. The molecule has 1 heterocycles. The summed E-state index contributed by atoms with van der Waals surface area (Å²) in [5, 5.41) is 3.66. The first kappa shape index (κ1) is 15.3. The Kier molecular flexibility index (Phi) is 5.02. The smallest absolute Gasteiger partial charge is 0.229 e. The molecule has 1 aromatic carbocycles. The average molecular weight is 374 g/mol. The maximum Gasteiger partial charge on any atom is 0.229 e. The Morgan fingerprint density at radius 1 is 1.30 bits per heavy atom. The van der Waals surface area contributed by atoms with Gasteiger partial charge in [-0.25, -0.2) is 4.98 Å². The summed E-state index contributed by atoms with van der Waals surface area (Å²) >= 11 is 15.1. The van der Waals surface area contributed by atoms with Gasteiger partial charge in [0, 0.05) is 10.7 Å². The van der Waals surface area contributed by atoms with Crippen molar-refractivity contribution in [1.29, 1.82) is 0 Å². The summed E-state index contributed by atoms with van der Waals surface area (Å²) in [4.78, 5) is 16.1. The molecule has 0 aliphatic rings. The van der Waals surface area contributed by atoms with Crippen LogP contribution in [0.15, 0.2) is 34.9 Å². The van der Waals surface area contributed by atoms with Gasteiger partial charge in [-0.05, 0) is 52.2 Å². The molecule has 2 aromatic rings. The Hall–Kier alpha value is -1.10. The van der Waals surface area contributed by atoms with Gasteiger partial charge in [-0.3, -0.25) is 4.79 Å². The van der Waals surface area contributed by atoms with Gasteiger partial charge in [0.1, 0.15) is 5.82 Å². The molecule has 0 saturated heterocycles. The molecule has 0 saturated carbocycles. The van der Waals surface area contributed by atoms with Crippen molar-refractivity contribution < 1.29 is 4.79 Å². The molecule has 2 rings (SSSR count). The molecule has 20 heavy (non-hydrogen) atoms. The fraction of sp³-hybridized carbons (Fsp3) is 0.143. The lowest BCUT2D eigenvalue weighted by atomic mass is 10.1. The number of hydrogen-bond acceptors (Lipinski definition) is 2. The minimum Gasteiger partial charge on any atom is -0.310 e. The van der Waals surface area contributed by atoms with Crippen molar-refractivity contribution >= 4 is 50.9 Å². The Balaban J connectivity index is 2.04. The van der Waals surface area contributed by atoms with Crippen LogP contribution in [0.4, 0.5) is 5.82 Å². The van der Waals surface area contributed by atoms with Crippen molar-refractivity contribution in [2.45, 2.75) is 13.3 Å². The van der Waals surface area contributed by atoms with Crippen LogP contribution < -0.4 is 5.32 Å². The summed E-state index contributed by atoms with van der Waals surface area (Å²) < 4.78 is 0.903. The zero-order valence-electron chi connectivity index (χ0n) is 10.6. The number of hydrogen-bond donors (Lipinski definition) is 1. The molecule has 0 bridgehead atoms. The quantitative estimate of drug-likeness (QED) is 0.851. The number of aryl methyl sites for hydroxylation is 1. The number of benzene rings is 1. The second-order valence-electron chi connectivity index (χ2n) is 4.29. The van der Waals surface area contributed by atoms with Crippen molar-refractivity contribution in [3.05, 3.63) is 56.1 Å². The number of carbonyl (C=O) groups excluding carboxylic acids is 1. The topological polar surface area (TPSA) is 42.0 Å². The van der Waals surface area contributed by atoms with Crippen molar-refractivity contribution in [2.75, 3.05) is 5.32 Å². The Morgan fingerprint density at radius 3 is 2.70 bits per heavy atom. The zero-order chi connectivity index (χ0) is 14.7. The van der Waals surface area contributed by atoms with Gasteiger partial charge in [-0.2, -0.15) is 0 Å². The van der Waals surface area contributed by atoms with Gasteiger partial charge in [0.25, 0.3) is 0 Å². The SMILES string of the molecule is Cc1cc(NC(=O)Cc2ccc(Cl)c(Cl)c2)ncc1Br. The number of amides is 1. The van der Waals surface area contributed by atoms with Crippen LogP contribution in [0, 0.1) is 6.92 Å². The van der Waals surface area contributed by atoms with Crippen LogP contribution in [0.3, 0.4) is 0 Å². The van der Waals surface area contributed by atoms with Crippen LogP contribution in [0.5, 0.6) is 0 Å². The van der Waals surface area contributed by atoms with Gasteiger partial charge < -0.3 is 5.32 Å². The standard InChI is InChI=1S/C14H11BrCl2N2O/c1-8-4-13(18-7-10(8)15)19-14(20)6-9-2-3-11(16)12(17)5-9/h2-5,7H,6H2,1H3,(H,18,19,20). The van der Waals surface area contributed by atoms with Crippen LogP contribution in [0.1, 0.15) is 11.1 Å².